The highest BCUT2D eigenvalue weighted by Gasteiger charge is 2.30. The van der Waals surface area contributed by atoms with E-state index < -0.39 is 6.10 Å². The van der Waals surface area contributed by atoms with Crippen molar-refractivity contribution in [3.63, 3.8) is 0 Å². The molecule has 0 aliphatic carbocycles. The molecule has 0 bridgehead atoms. The van der Waals surface area contributed by atoms with Gasteiger partial charge in [-0.2, -0.15) is 0 Å². The molecule has 1 aromatic rings. The van der Waals surface area contributed by atoms with E-state index in [2.05, 4.69) is 5.32 Å². The fraction of sp³-hybridized carbons (Fsp3) is 0.500. The number of rotatable bonds is 3. The molecule has 1 fully saturated rings. The quantitative estimate of drug-likeness (QED) is 0.894. The zero-order valence-electron chi connectivity index (χ0n) is 12.5. The number of carbonyl (C=O) groups excluding carboxylic acids is 2. The Morgan fingerprint density at radius 1 is 1.29 bits per heavy atom. The molecule has 0 spiro atoms. The Balaban J connectivity index is 2.12. The third kappa shape index (κ3) is 3.82. The Bertz CT molecular complexity index is 511. The summed E-state index contributed by atoms with van der Waals surface area (Å²) < 4.78 is 0. The van der Waals surface area contributed by atoms with Crippen LogP contribution in [-0.2, 0) is 4.79 Å². The molecule has 1 aliphatic heterocycles. The number of likely N-dealkylation sites (tertiary alicyclic amines) is 1. The number of amides is 2. The van der Waals surface area contributed by atoms with Gasteiger partial charge in [0.15, 0.2) is 0 Å². The third-order valence-electron chi connectivity index (χ3n) is 3.82. The number of nitrogens with zero attached hydrogens (tertiary/aromatic N) is 1. The molecule has 0 saturated carbocycles. The molecule has 2 atom stereocenters. The Labute approximate surface area is 125 Å². The average molecular weight is 290 g/mol. The SMILES string of the molecule is CC(=O)Nc1ccc(C(=O)N2CCCC[C@@H]2[C@H](C)O)cc1. The minimum atomic E-state index is -0.520. The first kappa shape index (κ1) is 15.5. The van der Waals surface area contributed by atoms with Crippen LogP contribution in [0, 0.1) is 0 Å². The van der Waals surface area contributed by atoms with Gasteiger partial charge < -0.3 is 15.3 Å². The molecule has 1 heterocycles. The van der Waals surface area contributed by atoms with Gasteiger partial charge in [0.05, 0.1) is 12.1 Å². The highest BCUT2D eigenvalue weighted by Crippen LogP contribution is 2.22. The van der Waals surface area contributed by atoms with Crippen LogP contribution in [0.3, 0.4) is 0 Å². The van der Waals surface area contributed by atoms with Crippen molar-refractivity contribution < 1.29 is 14.7 Å². The molecule has 1 aromatic carbocycles. The maximum atomic E-state index is 12.6. The number of piperidine rings is 1. The minimum Gasteiger partial charge on any atom is -0.391 e. The summed E-state index contributed by atoms with van der Waals surface area (Å²) in [5, 5.41) is 12.5. The highest BCUT2D eigenvalue weighted by molar-refractivity contribution is 5.95. The summed E-state index contributed by atoms with van der Waals surface area (Å²) in [6.07, 6.45) is 2.33. The standard InChI is InChI=1S/C16H22N2O3/c1-11(19)15-5-3-4-10-18(15)16(21)13-6-8-14(9-7-13)17-12(2)20/h6-9,11,15,19H,3-5,10H2,1-2H3,(H,17,20)/t11-,15+/m0/s1. The Kier molecular flexibility index (Phi) is 4.96. The molecule has 5 nitrogen and oxygen atoms in total. The van der Waals surface area contributed by atoms with Gasteiger partial charge in [-0.25, -0.2) is 0 Å². The number of hydrogen-bond acceptors (Lipinski definition) is 3. The monoisotopic (exact) mass is 290 g/mol. The van der Waals surface area contributed by atoms with Crippen molar-refractivity contribution in [2.75, 3.05) is 11.9 Å². The van der Waals surface area contributed by atoms with Crippen molar-refractivity contribution in [1.29, 1.82) is 0 Å². The lowest BCUT2D eigenvalue weighted by atomic mass is 9.97. The second-order valence-corrected chi connectivity index (χ2v) is 5.56. The first-order valence-corrected chi connectivity index (χ1v) is 7.35. The van der Waals surface area contributed by atoms with E-state index in [1.54, 1.807) is 36.1 Å². The predicted molar refractivity (Wildman–Crippen MR) is 81.1 cm³/mol. The van der Waals surface area contributed by atoms with Crippen molar-refractivity contribution in [3.8, 4) is 0 Å². The molecule has 21 heavy (non-hydrogen) atoms. The number of aliphatic hydroxyl groups excluding tert-OH is 1. The summed E-state index contributed by atoms with van der Waals surface area (Å²) in [6.45, 7) is 3.86. The second kappa shape index (κ2) is 6.72. The Hall–Kier alpha value is -1.88. The van der Waals surface area contributed by atoms with Gasteiger partial charge in [0.2, 0.25) is 5.91 Å². The predicted octanol–water partition coefficient (Wildman–Crippen LogP) is 2.02. The largest absolute Gasteiger partial charge is 0.391 e. The second-order valence-electron chi connectivity index (χ2n) is 5.56. The maximum absolute atomic E-state index is 12.6. The zero-order chi connectivity index (χ0) is 15.4. The number of aliphatic hydroxyl groups is 1. The summed E-state index contributed by atoms with van der Waals surface area (Å²) in [4.78, 5) is 25.3. The van der Waals surface area contributed by atoms with E-state index in [1.165, 1.54) is 6.92 Å². The molecule has 0 radical (unpaired) electrons. The normalized spacial score (nSPS) is 20.0. The van der Waals surface area contributed by atoms with Crippen LogP contribution < -0.4 is 5.32 Å². The van der Waals surface area contributed by atoms with Crippen molar-refractivity contribution in [2.45, 2.75) is 45.3 Å². The summed E-state index contributed by atoms with van der Waals surface area (Å²) in [6, 6.07) is 6.75. The van der Waals surface area contributed by atoms with Crippen LogP contribution >= 0.6 is 0 Å². The van der Waals surface area contributed by atoms with E-state index in [4.69, 9.17) is 0 Å². The number of benzene rings is 1. The molecule has 0 aromatic heterocycles. The third-order valence-corrected chi connectivity index (χ3v) is 3.82. The van der Waals surface area contributed by atoms with Crippen LogP contribution in [0.1, 0.15) is 43.5 Å². The van der Waals surface area contributed by atoms with Gasteiger partial charge in [0.1, 0.15) is 0 Å². The molecule has 1 saturated heterocycles. The molecule has 2 N–H and O–H groups in total. The topological polar surface area (TPSA) is 69.6 Å². The number of anilines is 1. The van der Waals surface area contributed by atoms with Crippen LogP contribution in [0.2, 0.25) is 0 Å². The highest BCUT2D eigenvalue weighted by atomic mass is 16.3. The van der Waals surface area contributed by atoms with Crippen molar-refractivity contribution in [2.24, 2.45) is 0 Å². The van der Waals surface area contributed by atoms with Gasteiger partial charge >= 0.3 is 0 Å². The van der Waals surface area contributed by atoms with Gasteiger partial charge in [-0.15, -0.1) is 0 Å². The van der Waals surface area contributed by atoms with Crippen LogP contribution in [0.4, 0.5) is 5.69 Å². The van der Waals surface area contributed by atoms with Crippen LogP contribution in [0.5, 0.6) is 0 Å². The summed E-state index contributed by atoms with van der Waals surface area (Å²) in [7, 11) is 0. The van der Waals surface area contributed by atoms with Gasteiger partial charge in [0, 0.05) is 24.7 Å². The fourth-order valence-corrected chi connectivity index (χ4v) is 2.78. The number of nitrogens with one attached hydrogen (secondary N) is 1. The van der Waals surface area contributed by atoms with Crippen LogP contribution in [-0.4, -0.2) is 40.5 Å². The van der Waals surface area contributed by atoms with E-state index in [0.29, 0.717) is 17.8 Å². The lowest BCUT2D eigenvalue weighted by Gasteiger charge is -2.37. The summed E-state index contributed by atoms with van der Waals surface area (Å²) in [5.41, 5.74) is 1.25. The molecular weight excluding hydrogens is 268 g/mol. The lowest BCUT2D eigenvalue weighted by molar-refractivity contribution is -0.114. The molecular formula is C16H22N2O3. The molecule has 0 unspecified atom stereocenters. The van der Waals surface area contributed by atoms with Gasteiger partial charge in [-0.05, 0) is 50.5 Å². The fourth-order valence-electron chi connectivity index (χ4n) is 2.78. The molecule has 1 aliphatic rings. The first-order valence-electron chi connectivity index (χ1n) is 7.35. The molecule has 2 amide bonds. The van der Waals surface area contributed by atoms with Crippen molar-refractivity contribution in [3.05, 3.63) is 29.8 Å². The Morgan fingerprint density at radius 2 is 1.95 bits per heavy atom. The first-order chi connectivity index (χ1) is 9.99. The minimum absolute atomic E-state index is 0.0602. The van der Waals surface area contributed by atoms with Crippen LogP contribution in [0.25, 0.3) is 0 Å². The van der Waals surface area contributed by atoms with Gasteiger partial charge in [-0.1, -0.05) is 0 Å². The van der Waals surface area contributed by atoms with Gasteiger partial charge in [-0.3, -0.25) is 9.59 Å². The molecule has 5 heteroatoms. The smallest absolute Gasteiger partial charge is 0.254 e. The maximum Gasteiger partial charge on any atom is 0.254 e. The van der Waals surface area contributed by atoms with Crippen LogP contribution in [0.15, 0.2) is 24.3 Å². The number of carbonyl (C=O) groups is 2. The zero-order valence-corrected chi connectivity index (χ0v) is 12.5. The van der Waals surface area contributed by atoms with Crippen molar-refractivity contribution >= 4 is 17.5 Å². The number of hydrogen-bond donors (Lipinski definition) is 2. The van der Waals surface area contributed by atoms with Gasteiger partial charge in [0.25, 0.3) is 5.91 Å². The van der Waals surface area contributed by atoms with E-state index in [-0.39, 0.29) is 17.9 Å². The van der Waals surface area contributed by atoms with E-state index in [9.17, 15) is 14.7 Å². The van der Waals surface area contributed by atoms with E-state index in [1.807, 2.05) is 0 Å². The van der Waals surface area contributed by atoms with E-state index >= 15 is 0 Å². The Morgan fingerprint density at radius 3 is 2.52 bits per heavy atom. The molecule has 114 valence electrons. The summed E-state index contributed by atoms with van der Waals surface area (Å²) >= 11 is 0. The van der Waals surface area contributed by atoms with E-state index in [0.717, 1.165) is 19.3 Å². The molecule has 2 rings (SSSR count). The average Bonchev–Trinajstić information content (AvgIpc) is 2.46. The lowest BCUT2D eigenvalue weighted by Crippen LogP contribution is -2.48. The van der Waals surface area contributed by atoms with Crippen molar-refractivity contribution in [1.82, 2.24) is 4.90 Å². The summed E-state index contributed by atoms with van der Waals surface area (Å²) in [5.74, 6) is -0.200.